The molecular weight excluding hydrogens is 378 g/mol. The number of hydrogen-bond acceptors (Lipinski definition) is 6. The molecule has 2 aromatic rings. The molecule has 0 aliphatic heterocycles. The Morgan fingerprint density at radius 3 is 2.75 bits per heavy atom. The van der Waals surface area contributed by atoms with Crippen molar-refractivity contribution >= 4 is 35.0 Å². The summed E-state index contributed by atoms with van der Waals surface area (Å²) < 4.78 is 5.13. The number of benzene rings is 1. The lowest BCUT2D eigenvalue weighted by Crippen LogP contribution is -2.17. The molecule has 0 atom stereocenters. The third-order valence-electron chi connectivity index (χ3n) is 4.27. The fourth-order valence-corrected chi connectivity index (χ4v) is 3.85. The molecule has 1 aromatic carbocycles. The number of anilines is 1. The SMILES string of the molecule is CNC(=O)CCCCSC1=CC(=O)c2onc(C(=O)Nc3ccccc3)c2C1. The third-order valence-corrected chi connectivity index (χ3v) is 5.39. The van der Waals surface area contributed by atoms with Crippen LogP contribution < -0.4 is 10.6 Å². The van der Waals surface area contributed by atoms with E-state index in [4.69, 9.17) is 4.52 Å². The molecule has 3 rings (SSSR count). The van der Waals surface area contributed by atoms with Gasteiger partial charge in [-0.05, 0) is 41.7 Å². The molecule has 0 unspecified atom stereocenters. The van der Waals surface area contributed by atoms with Crippen molar-refractivity contribution in [3.05, 3.63) is 58.3 Å². The van der Waals surface area contributed by atoms with E-state index in [1.165, 1.54) is 6.08 Å². The van der Waals surface area contributed by atoms with Crippen LogP contribution >= 0.6 is 11.8 Å². The van der Waals surface area contributed by atoms with Gasteiger partial charge in [-0.2, -0.15) is 0 Å². The Bertz CT molecular complexity index is 905. The molecule has 0 bridgehead atoms. The highest BCUT2D eigenvalue weighted by molar-refractivity contribution is 8.03. The second kappa shape index (κ2) is 9.36. The first-order valence-electron chi connectivity index (χ1n) is 9.01. The van der Waals surface area contributed by atoms with Crippen LogP contribution in [0.15, 0.2) is 45.8 Å². The minimum absolute atomic E-state index is 0.0280. The summed E-state index contributed by atoms with van der Waals surface area (Å²) in [7, 11) is 1.62. The zero-order chi connectivity index (χ0) is 19.9. The normalized spacial score (nSPS) is 12.9. The number of carbonyl (C=O) groups excluding carboxylic acids is 3. The van der Waals surface area contributed by atoms with Crippen molar-refractivity contribution in [1.82, 2.24) is 10.5 Å². The first kappa shape index (κ1) is 19.9. The van der Waals surface area contributed by atoms with Gasteiger partial charge in [0.1, 0.15) is 0 Å². The first-order valence-corrected chi connectivity index (χ1v) is 10.00. The topological polar surface area (TPSA) is 101 Å². The van der Waals surface area contributed by atoms with E-state index >= 15 is 0 Å². The van der Waals surface area contributed by atoms with E-state index in [2.05, 4.69) is 15.8 Å². The summed E-state index contributed by atoms with van der Waals surface area (Å²) in [5.41, 5.74) is 1.31. The van der Waals surface area contributed by atoms with Crippen LogP contribution in [0.2, 0.25) is 0 Å². The molecule has 7 nitrogen and oxygen atoms in total. The Balaban J connectivity index is 1.60. The lowest BCUT2D eigenvalue weighted by molar-refractivity contribution is -0.120. The van der Waals surface area contributed by atoms with E-state index in [9.17, 15) is 14.4 Å². The predicted octanol–water partition coefficient (Wildman–Crippen LogP) is 3.20. The molecule has 0 spiro atoms. The molecule has 1 heterocycles. The van der Waals surface area contributed by atoms with Gasteiger partial charge < -0.3 is 15.2 Å². The van der Waals surface area contributed by atoms with Gasteiger partial charge in [-0.3, -0.25) is 14.4 Å². The molecule has 2 amide bonds. The second-order valence-electron chi connectivity index (χ2n) is 6.29. The zero-order valence-electron chi connectivity index (χ0n) is 15.5. The number of unbranched alkanes of at least 4 members (excludes halogenated alkanes) is 1. The summed E-state index contributed by atoms with van der Waals surface area (Å²) >= 11 is 1.56. The second-order valence-corrected chi connectivity index (χ2v) is 7.51. The van der Waals surface area contributed by atoms with Crippen molar-refractivity contribution in [1.29, 1.82) is 0 Å². The maximum Gasteiger partial charge on any atom is 0.278 e. The lowest BCUT2D eigenvalue weighted by atomic mass is 10.0. The molecule has 0 fully saturated rings. The van der Waals surface area contributed by atoms with E-state index in [1.54, 1.807) is 30.9 Å². The van der Waals surface area contributed by atoms with Gasteiger partial charge in [0, 0.05) is 31.1 Å². The van der Waals surface area contributed by atoms with Crippen LogP contribution in [0.5, 0.6) is 0 Å². The summed E-state index contributed by atoms with van der Waals surface area (Å²) in [5.74, 6) is 0.269. The highest BCUT2D eigenvalue weighted by Crippen LogP contribution is 2.31. The average Bonchev–Trinajstić information content (AvgIpc) is 3.13. The number of thioether (sulfide) groups is 1. The molecule has 1 aromatic heterocycles. The molecule has 8 heteroatoms. The van der Waals surface area contributed by atoms with Gasteiger partial charge in [-0.25, -0.2) is 0 Å². The number of nitrogens with one attached hydrogen (secondary N) is 2. The number of rotatable bonds is 8. The number of fused-ring (bicyclic) bond motifs is 1. The van der Waals surface area contributed by atoms with Crippen molar-refractivity contribution in [2.45, 2.75) is 25.7 Å². The smallest absolute Gasteiger partial charge is 0.278 e. The highest BCUT2D eigenvalue weighted by Gasteiger charge is 2.29. The van der Waals surface area contributed by atoms with Crippen LogP contribution in [0, 0.1) is 0 Å². The molecular formula is C20H21N3O4S. The van der Waals surface area contributed by atoms with Gasteiger partial charge in [0.25, 0.3) is 5.91 Å². The van der Waals surface area contributed by atoms with Crippen LogP contribution in [-0.2, 0) is 11.2 Å². The first-order chi connectivity index (χ1) is 13.6. The Hall–Kier alpha value is -2.87. The predicted molar refractivity (Wildman–Crippen MR) is 107 cm³/mol. The van der Waals surface area contributed by atoms with E-state index in [0.717, 1.165) is 23.5 Å². The molecule has 0 radical (unpaired) electrons. The fourth-order valence-electron chi connectivity index (χ4n) is 2.80. The maximum absolute atomic E-state index is 12.5. The van der Waals surface area contributed by atoms with Gasteiger partial charge >= 0.3 is 0 Å². The number of para-hydroxylation sites is 1. The van der Waals surface area contributed by atoms with E-state index in [1.807, 2.05) is 18.2 Å². The van der Waals surface area contributed by atoms with E-state index in [0.29, 0.717) is 24.1 Å². The molecule has 1 aliphatic rings. The number of hydrogen-bond donors (Lipinski definition) is 2. The van der Waals surface area contributed by atoms with Crippen LogP contribution in [0.1, 0.15) is 45.9 Å². The number of carbonyl (C=O) groups is 3. The average molecular weight is 399 g/mol. The molecule has 1 aliphatic carbocycles. The summed E-state index contributed by atoms with van der Waals surface area (Å²) in [6.45, 7) is 0. The summed E-state index contributed by atoms with van der Waals surface area (Å²) in [4.78, 5) is 36.9. The van der Waals surface area contributed by atoms with Crippen molar-refractivity contribution < 1.29 is 18.9 Å². The Labute approximate surface area is 166 Å². The molecule has 146 valence electrons. The number of allylic oxidation sites excluding steroid dienone is 2. The highest BCUT2D eigenvalue weighted by atomic mass is 32.2. The van der Waals surface area contributed by atoms with Gasteiger partial charge in [0.05, 0.1) is 0 Å². The van der Waals surface area contributed by atoms with Crippen LogP contribution in [0.4, 0.5) is 5.69 Å². The van der Waals surface area contributed by atoms with Crippen LogP contribution in [0.3, 0.4) is 0 Å². The number of amides is 2. The minimum Gasteiger partial charge on any atom is -0.359 e. The van der Waals surface area contributed by atoms with Crippen molar-refractivity contribution in [2.24, 2.45) is 0 Å². The number of aromatic nitrogens is 1. The molecule has 2 N–H and O–H groups in total. The Kier molecular flexibility index (Phi) is 6.65. The zero-order valence-corrected chi connectivity index (χ0v) is 16.3. The monoisotopic (exact) mass is 399 g/mol. The molecule has 0 saturated heterocycles. The number of nitrogens with zero attached hydrogens (tertiary/aromatic N) is 1. The van der Waals surface area contributed by atoms with E-state index in [-0.39, 0.29) is 23.1 Å². The third kappa shape index (κ3) is 4.89. The van der Waals surface area contributed by atoms with Crippen LogP contribution in [-0.4, -0.2) is 35.6 Å². The maximum atomic E-state index is 12.5. The van der Waals surface area contributed by atoms with Gasteiger partial charge in [0.2, 0.25) is 17.5 Å². The summed E-state index contributed by atoms with van der Waals surface area (Å²) in [6.07, 6.45) is 4.12. The van der Waals surface area contributed by atoms with Crippen molar-refractivity contribution in [3.8, 4) is 0 Å². The van der Waals surface area contributed by atoms with Crippen molar-refractivity contribution in [2.75, 3.05) is 18.1 Å². The standard InChI is InChI=1S/C20H21N3O4S/c1-21-17(25)9-5-6-10-28-14-11-15-18(23-27-19(15)16(24)12-14)20(26)22-13-7-3-2-4-8-13/h2-4,7-8,12H,5-6,9-11H2,1H3,(H,21,25)(H,22,26). The Morgan fingerprint density at radius 2 is 2.00 bits per heavy atom. The molecule has 28 heavy (non-hydrogen) atoms. The summed E-state index contributed by atoms with van der Waals surface area (Å²) in [6, 6.07) is 9.04. The number of ketones is 1. The van der Waals surface area contributed by atoms with Gasteiger partial charge in [-0.1, -0.05) is 23.4 Å². The largest absolute Gasteiger partial charge is 0.359 e. The molecule has 0 saturated carbocycles. The lowest BCUT2D eigenvalue weighted by Gasteiger charge is -2.12. The Morgan fingerprint density at radius 1 is 1.21 bits per heavy atom. The summed E-state index contributed by atoms with van der Waals surface area (Å²) in [5, 5.41) is 9.18. The quantitative estimate of drug-likeness (QED) is 0.661. The van der Waals surface area contributed by atoms with E-state index < -0.39 is 5.91 Å². The van der Waals surface area contributed by atoms with Gasteiger partial charge in [0.15, 0.2) is 5.69 Å². The van der Waals surface area contributed by atoms with Crippen molar-refractivity contribution in [3.63, 3.8) is 0 Å². The fraction of sp³-hybridized carbons (Fsp3) is 0.300. The minimum atomic E-state index is -0.402. The van der Waals surface area contributed by atoms with Gasteiger partial charge in [-0.15, -0.1) is 11.8 Å². The van der Waals surface area contributed by atoms with Crippen LogP contribution in [0.25, 0.3) is 0 Å².